The maximum atomic E-state index is 5.34. The van der Waals surface area contributed by atoms with E-state index in [0.717, 1.165) is 5.75 Å². The SMILES string of the molecule is C1=Cc2ccccc2OC1.NN. The van der Waals surface area contributed by atoms with Gasteiger partial charge in [0.15, 0.2) is 0 Å². The number of ether oxygens (including phenoxy) is 1. The topological polar surface area (TPSA) is 61.3 Å². The second kappa shape index (κ2) is 4.54. The molecule has 0 saturated carbocycles. The fraction of sp³-hybridized carbons (Fsp3) is 0.111. The summed E-state index contributed by atoms with van der Waals surface area (Å²) in [6.45, 7) is 0.705. The maximum Gasteiger partial charge on any atom is 0.126 e. The Morgan fingerprint density at radius 1 is 1.17 bits per heavy atom. The molecular formula is C9H12N2O. The largest absolute Gasteiger partial charge is 0.489 e. The lowest BCUT2D eigenvalue weighted by Crippen LogP contribution is -2.02. The smallest absolute Gasteiger partial charge is 0.126 e. The Hall–Kier alpha value is -1.32. The van der Waals surface area contributed by atoms with E-state index < -0.39 is 0 Å². The van der Waals surface area contributed by atoms with Gasteiger partial charge in [0.2, 0.25) is 0 Å². The molecule has 1 heterocycles. The third-order valence-corrected chi connectivity index (χ3v) is 1.55. The van der Waals surface area contributed by atoms with Crippen molar-refractivity contribution in [2.45, 2.75) is 0 Å². The monoisotopic (exact) mass is 164 g/mol. The zero-order chi connectivity index (χ0) is 8.81. The van der Waals surface area contributed by atoms with Crippen molar-refractivity contribution in [2.75, 3.05) is 6.61 Å². The van der Waals surface area contributed by atoms with E-state index >= 15 is 0 Å². The highest BCUT2D eigenvalue weighted by molar-refractivity contribution is 5.58. The van der Waals surface area contributed by atoms with E-state index in [2.05, 4.69) is 17.8 Å². The molecule has 1 aromatic rings. The highest BCUT2D eigenvalue weighted by atomic mass is 16.5. The minimum absolute atomic E-state index is 0.705. The van der Waals surface area contributed by atoms with Crippen LogP contribution < -0.4 is 16.4 Å². The molecule has 0 radical (unpaired) electrons. The van der Waals surface area contributed by atoms with Crippen LogP contribution in [0.25, 0.3) is 6.08 Å². The lowest BCUT2D eigenvalue weighted by Gasteiger charge is -2.10. The van der Waals surface area contributed by atoms with Crippen LogP contribution in [0.4, 0.5) is 0 Å². The van der Waals surface area contributed by atoms with Crippen LogP contribution in [-0.2, 0) is 0 Å². The summed E-state index contributed by atoms with van der Waals surface area (Å²) >= 11 is 0. The minimum atomic E-state index is 0.705. The van der Waals surface area contributed by atoms with Crippen molar-refractivity contribution >= 4 is 6.08 Å². The average molecular weight is 164 g/mol. The number of nitrogens with two attached hydrogens (primary N) is 2. The molecule has 2 rings (SSSR count). The van der Waals surface area contributed by atoms with Crippen LogP contribution in [0.2, 0.25) is 0 Å². The first kappa shape index (κ1) is 8.77. The van der Waals surface area contributed by atoms with Crippen molar-refractivity contribution in [3.63, 3.8) is 0 Å². The number of benzene rings is 1. The first-order valence-corrected chi connectivity index (χ1v) is 3.68. The molecule has 0 atom stereocenters. The highest BCUT2D eigenvalue weighted by Gasteiger charge is 2.01. The van der Waals surface area contributed by atoms with Gasteiger partial charge in [-0.3, -0.25) is 11.7 Å². The molecule has 0 aliphatic carbocycles. The lowest BCUT2D eigenvalue weighted by molar-refractivity contribution is 0.358. The molecule has 4 N–H and O–H groups in total. The Morgan fingerprint density at radius 3 is 2.67 bits per heavy atom. The third kappa shape index (κ3) is 1.84. The average Bonchev–Trinajstić information content (AvgIpc) is 2.21. The molecule has 12 heavy (non-hydrogen) atoms. The van der Waals surface area contributed by atoms with E-state index in [9.17, 15) is 0 Å². The maximum absolute atomic E-state index is 5.34. The molecule has 0 amide bonds. The molecule has 3 nitrogen and oxygen atoms in total. The number of fused-ring (bicyclic) bond motifs is 1. The first-order chi connectivity index (χ1) is 5.97. The van der Waals surface area contributed by atoms with Crippen molar-refractivity contribution in [3.05, 3.63) is 35.9 Å². The van der Waals surface area contributed by atoms with Gasteiger partial charge in [0.25, 0.3) is 0 Å². The molecule has 3 heteroatoms. The van der Waals surface area contributed by atoms with Gasteiger partial charge in [-0.15, -0.1) is 0 Å². The molecule has 0 fully saturated rings. The van der Waals surface area contributed by atoms with Gasteiger partial charge in [-0.1, -0.05) is 24.3 Å². The Kier molecular flexibility index (Phi) is 3.32. The molecule has 0 bridgehead atoms. The summed E-state index contributed by atoms with van der Waals surface area (Å²) < 4.78 is 5.34. The predicted octanol–water partition coefficient (Wildman–Crippen LogP) is 0.911. The highest BCUT2D eigenvalue weighted by Crippen LogP contribution is 2.21. The fourth-order valence-electron chi connectivity index (χ4n) is 1.06. The van der Waals surface area contributed by atoms with Crippen molar-refractivity contribution in [1.29, 1.82) is 0 Å². The normalized spacial score (nSPS) is 12.2. The van der Waals surface area contributed by atoms with Crippen LogP contribution in [0.5, 0.6) is 5.75 Å². The summed E-state index contributed by atoms with van der Waals surface area (Å²) in [6, 6.07) is 8.03. The molecule has 1 aliphatic heterocycles. The first-order valence-electron chi connectivity index (χ1n) is 3.68. The van der Waals surface area contributed by atoms with Gasteiger partial charge < -0.3 is 4.74 Å². The van der Waals surface area contributed by atoms with E-state index in [1.807, 2.05) is 30.3 Å². The Balaban J connectivity index is 0.000000336. The number of para-hydroxylation sites is 1. The van der Waals surface area contributed by atoms with Gasteiger partial charge in [-0.05, 0) is 12.1 Å². The van der Waals surface area contributed by atoms with Gasteiger partial charge in [-0.2, -0.15) is 0 Å². The van der Waals surface area contributed by atoms with E-state index in [1.165, 1.54) is 5.56 Å². The second-order valence-electron chi connectivity index (χ2n) is 2.25. The van der Waals surface area contributed by atoms with Crippen LogP contribution in [0, 0.1) is 0 Å². The zero-order valence-corrected chi connectivity index (χ0v) is 6.73. The summed E-state index contributed by atoms with van der Waals surface area (Å²) in [7, 11) is 0. The molecule has 64 valence electrons. The molecule has 0 unspecified atom stereocenters. The summed E-state index contributed by atoms with van der Waals surface area (Å²) in [5.41, 5.74) is 1.17. The molecule has 0 saturated heterocycles. The summed E-state index contributed by atoms with van der Waals surface area (Å²) in [5.74, 6) is 8.99. The van der Waals surface area contributed by atoms with E-state index in [0.29, 0.717) is 6.61 Å². The molecular weight excluding hydrogens is 152 g/mol. The number of hydrogen-bond donors (Lipinski definition) is 2. The van der Waals surface area contributed by atoms with Gasteiger partial charge in [0, 0.05) is 5.56 Å². The van der Waals surface area contributed by atoms with Gasteiger partial charge in [0.1, 0.15) is 12.4 Å². The second-order valence-corrected chi connectivity index (χ2v) is 2.25. The predicted molar refractivity (Wildman–Crippen MR) is 49.3 cm³/mol. The van der Waals surface area contributed by atoms with Gasteiger partial charge in [0.05, 0.1) is 0 Å². The van der Waals surface area contributed by atoms with Crippen molar-refractivity contribution in [3.8, 4) is 5.75 Å². The van der Waals surface area contributed by atoms with Gasteiger partial charge >= 0.3 is 0 Å². The van der Waals surface area contributed by atoms with Crippen LogP contribution in [0.3, 0.4) is 0 Å². The van der Waals surface area contributed by atoms with Crippen molar-refractivity contribution in [2.24, 2.45) is 11.7 Å². The Morgan fingerprint density at radius 2 is 1.92 bits per heavy atom. The molecule has 0 spiro atoms. The molecule has 1 aliphatic rings. The fourth-order valence-corrected chi connectivity index (χ4v) is 1.06. The van der Waals surface area contributed by atoms with E-state index in [1.54, 1.807) is 0 Å². The minimum Gasteiger partial charge on any atom is -0.489 e. The quantitative estimate of drug-likeness (QED) is 0.442. The standard InChI is InChI=1S/C9H8O.H4N2/c1-2-6-9-8(4-1)5-3-7-10-9;1-2/h1-6H,7H2;1-2H2. The van der Waals surface area contributed by atoms with Crippen LogP contribution in [0.15, 0.2) is 30.3 Å². The summed E-state index contributed by atoms with van der Waals surface area (Å²) in [4.78, 5) is 0. The zero-order valence-electron chi connectivity index (χ0n) is 6.73. The number of hydrazine groups is 1. The van der Waals surface area contributed by atoms with Crippen LogP contribution in [-0.4, -0.2) is 6.61 Å². The third-order valence-electron chi connectivity index (χ3n) is 1.55. The Labute approximate surface area is 71.6 Å². The van der Waals surface area contributed by atoms with Crippen LogP contribution >= 0.6 is 0 Å². The number of hydrogen-bond acceptors (Lipinski definition) is 3. The molecule has 0 aromatic heterocycles. The van der Waals surface area contributed by atoms with E-state index in [-0.39, 0.29) is 0 Å². The lowest BCUT2D eigenvalue weighted by atomic mass is 10.1. The van der Waals surface area contributed by atoms with Crippen molar-refractivity contribution in [1.82, 2.24) is 0 Å². The van der Waals surface area contributed by atoms with Crippen LogP contribution in [0.1, 0.15) is 5.56 Å². The summed E-state index contributed by atoms with van der Waals surface area (Å²) in [6.07, 6.45) is 4.10. The number of rotatable bonds is 0. The molecule has 1 aromatic carbocycles. The summed E-state index contributed by atoms with van der Waals surface area (Å²) in [5, 5.41) is 0. The van der Waals surface area contributed by atoms with Gasteiger partial charge in [-0.25, -0.2) is 0 Å². The van der Waals surface area contributed by atoms with E-state index in [4.69, 9.17) is 4.74 Å². The Bertz CT molecular complexity index is 271. The van der Waals surface area contributed by atoms with Crippen molar-refractivity contribution < 1.29 is 4.74 Å².